The maximum atomic E-state index is 13.0. The standard InChI is InChI=1S/C21H20N4O2/c26-19(12-17-13-6-1-2-7-14(13)21(27)24-17)25-11-5-10-18(25)20-22-15-8-3-4-9-16(15)23-20/h1-4,6-9,17-18H,5,10-12H2,(H,22,23)(H,24,27)/t17-,18+/m0/s1. The van der Waals surface area contributed by atoms with Gasteiger partial charge in [-0.2, -0.15) is 0 Å². The van der Waals surface area contributed by atoms with Crippen LogP contribution >= 0.6 is 0 Å². The van der Waals surface area contributed by atoms with Gasteiger partial charge in [0.05, 0.1) is 29.5 Å². The van der Waals surface area contributed by atoms with Crippen molar-refractivity contribution >= 4 is 22.8 Å². The Morgan fingerprint density at radius 3 is 2.85 bits per heavy atom. The number of hydrogen-bond acceptors (Lipinski definition) is 3. The minimum Gasteiger partial charge on any atom is -0.345 e. The number of aromatic nitrogens is 2. The fourth-order valence-corrected chi connectivity index (χ4v) is 4.25. The van der Waals surface area contributed by atoms with Gasteiger partial charge in [0.2, 0.25) is 5.91 Å². The van der Waals surface area contributed by atoms with E-state index in [1.54, 1.807) is 0 Å². The first-order valence-corrected chi connectivity index (χ1v) is 9.34. The van der Waals surface area contributed by atoms with Gasteiger partial charge in [-0.05, 0) is 36.6 Å². The van der Waals surface area contributed by atoms with E-state index in [1.165, 1.54) is 0 Å². The zero-order valence-electron chi connectivity index (χ0n) is 14.8. The third-order valence-electron chi connectivity index (χ3n) is 5.56. The number of H-pyrrole nitrogens is 1. The molecule has 3 heterocycles. The lowest BCUT2D eigenvalue weighted by molar-refractivity contribution is -0.132. The molecule has 2 amide bonds. The van der Waals surface area contributed by atoms with E-state index < -0.39 is 0 Å². The Hall–Kier alpha value is -3.15. The average molecular weight is 360 g/mol. The Balaban J connectivity index is 1.37. The molecule has 0 spiro atoms. The van der Waals surface area contributed by atoms with Crippen LogP contribution in [0, 0.1) is 0 Å². The molecule has 1 aromatic heterocycles. The summed E-state index contributed by atoms with van der Waals surface area (Å²) in [4.78, 5) is 35.1. The number of carbonyl (C=O) groups is 2. The fraction of sp³-hybridized carbons (Fsp3) is 0.286. The monoisotopic (exact) mass is 360 g/mol. The van der Waals surface area contributed by atoms with Crippen molar-refractivity contribution in [2.45, 2.75) is 31.3 Å². The Bertz CT molecular complexity index is 1010. The lowest BCUT2D eigenvalue weighted by atomic mass is 10.0. The predicted octanol–water partition coefficient (Wildman–Crippen LogP) is 3.10. The lowest BCUT2D eigenvalue weighted by Gasteiger charge is -2.25. The highest BCUT2D eigenvalue weighted by Crippen LogP contribution is 2.34. The maximum Gasteiger partial charge on any atom is 0.252 e. The SMILES string of the molecule is O=C1N[C@@H](CC(=O)N2CCC[C@@H]2c2nc3ccccc3[nH]2)c2ccccc21. The minimum atomic E-state index is -0.252. The molecule has 2 aliphatic rings. The number of carbonyl (C=O) groups excluding carboxylic acids is 2. The molecule has 6 heteroatoms. The molecule has 0 saturated carbocycles. The van der Waals surface area contributed by atoms with Gasteiger partial charge in [0.25, 0.3) is 5.91 Å². The second-order valence-corrected chi connectivity index (χ2v) is 7.20. The van der Waals surface area contributed by atoms with Crippen molar-refractivity contribution < 1.29 is 9.59 Å². The largest absolute Gasteiger partial charge is 0.345 e. The van der Waals surface area contributed by atoms with E-state index in [2.05, 4.69) is 15.3 Å². The molecule has 0 unspecified atom stereocenters. The topological polar surface area (TPSA) is 78.1 Å². The smallest absolute Gasteiger partial charge is 0.252 e. The molecule has 0 radical (unpaired) electrons. The normalized spacial score (nSPS) is 21.5. The van der Waals surface area contributed by atoms with E-state index in [1.807, 2.05) is 53.4 Å². The van der Waals surface area contributed by atoms with Gasteiger partial charge in [-0.3, -0.25) is 9.59 Å². The molecule has 27 heavy (non-hydrogen) atoms. The summed E-state index contributed by atoms with van der Waals surface area (Å²) in [6, 6.07) is 15.1. The van der Waals surface area contributed by atoms with Crippen LogP contribution in [0.15, 0.2) is 48.5 Å². The molecule has 1 fully saturated rings. The molecular weight excluding hydrogens is 340 g/mol. The van der Waals surface area contributed by atoms with Crippen LogP contribution in [0.5, 0.6) is 0 Å². The molecule has 2 aliphatic heterocycles. The molecule has 2 N–H and O–H groups in total. The molecule has 2 aromatic carbocycles. The Kier molecular flexibility index (Phi) is 3.70. The number of aromatic amines is 1. The molecule has 0 aliphatic carbocycles. The highest BCUT2D eigenvalue weighted by atomic mass is 16.2. The molecule has 3 aromatic rings. The van der Waals surface area contributed by atoms with Gasteiger partial charge in [-0.25, -0.2) is 4.98 Å². The van der Waals surface area contributed by atoms with E-state index in [0.717, 1.165) is 41.8 Å². The van der Waals surface area contributed by atoms with Gasteiger partial charge in [0.1, 0.15) is 5.82 Å². The molecule has 136 valence electrons. The van der Waals surface area contributed by atoms with E-state index in [-0.39, 0.29) is 30.3 Å². The van der Waals surface area contributed by atoms with E-state index in [4.69, 9.17) is 0 Å². The second-order valence-electron chi connectivity index (χ2n) is 7.20. The number of para-hydroxylation sites is 2. The number of likely N-dealkylation sites (tertiary alicyclic amines) is 1. The maximum absolute atomic E-state index is 13.0. The quantitative estimate of drug-likeness (QED) is 0.753. The first-order chi connectivity index (χ1) is 13.2. The van der Waals surface area contributed by atoms with Gasteiger partial charge in [-0.1, -0.05) is 30.3 Å². The highest BCUT2D eigenvalue weighted by molar-refractivity contribution is 5.99. The van der Waals surface area contributed by atoms with Crippen molar-refractivity contribution in [1.29, 1.82) is 0 Å². The van der Waals surface area contributed by atoms with Crippen LogP contribution in [-0.2, 0) is 4.79 Å². The van der Waals surface area contributed by atoms with Crippen LogP contribution < -0.4 is 5.32 Å². The molecule has 6 nitrogen and oxygen atoms in total. The summed E-state index contributed by atoms with van der Waals surface area (Å²) in [6.07, 6.45) is 2.14. The summed E-state index contributed by atoms with van der Waals surface area (Å²) in [5, 5.41) is 2.94. The second kappa shape index (κ2) is 6.23. The van der Waals surface area contributed by atoms with Crippen LogP contribution in [0.2, 0.25) is 0 Å². The number of hydrogen-bond donors (Lipinski definition) is 2. The Morgan fingerprint density at radius 1 is 1.15 bits per heavy atom. The first kappa shape index (κ1) is 16.1. The van der Waals surface area contributed by atoms with Crippen molar-refractivity contribution in [3.8, 4) is 0 Å². The number of nitrogens with zero attached hydrogens (tertiary/aromatic N) is 2. The number of benzene rings is 2. The Morgan fingerprint density at radius 2 is 1.96 bits per heavy atom. The molecule has 5 rings (SSSR count). The van der Waals surface area contributed by atoms with Gasteiger partial charge in [0, 0.05) is 12.1 Å². The molecule has 2 atom stereocenters. The number of nitrogens with one attached hydrogen (secondary N) is 2. The summed E-state index contributed by atoms with van der Waals surface area (Å²) < 4.78 is 0. The summed E-state index contributed by atoms with van der Waals surface area (Å²) >= 11 is 0. The number of imidazole rings is 1. The van der Waals surface area contributed by atoms with Gasteiger partial charge in [0.15, 0.2) is 0 Å². The molecule has 1 saturated heterocycles. The number of amides is 2. The summed E-state index contributed by atoms with van der Waals surface area (Å²) in [7, 11) is 0. The van der Waals surface area contributed by atoms with Gasteiger partial charge in [-0.15, -0.1) is 0 Å². The highest BCUT2D eigenvalue weighted by Gasteiger charge is 2.36. The van der Waals surface area contributed by atoms with Crippen LogP contribution in [0.25, 0.3) is 11.0 Å². The number of rotatable bonds is 3. The van der Waals surface area contributed by atoms with Gasteiger partial charge >= 0.3 is 0 Å². The fourth-order valence-electron chi connectivity index (χ4n) is 4.25. The zero-order valence-corrected chi connectivity index (χ0v) is 14.8. The third-order valence-corrected chi connectivity index (χ3v) is 5.56. The minimum absolute atomic E-state index is 0.0303. The summed E-state index contributed by atoms with van der Waals surface area (Å²) in [6.45, 7) is 0.725. The first-order valence-electron chi connectivity index (χ1n) is 9.34. The van der Waals surface area contributed by atoms with Crippen LogP contribution in [0.3, 0.4) is 0 Å². The molecular formula is C21H20N4O2. The van der Waals surface area contributed by atoms with E-state index in [9.17, 15) is 9.59 Å². The zero-order chi connectivity index (χ0) is 18.4. The Labute approximate surface area is 156 Å². The van der Waals surface area contributed by atoms with E-state index in [0.29, 0.717) is 5.56 Å². The summed E-state index contributed by atoms with van der Waals surface area (Å²) in [5.41, 5.74) is 3.49. The van der Waals surface area contributed by atoms with Crippen molar-refractivity contribution in [2.24, 2.45) is 0 Å². The predicted molar refractivity (Wildman–Crippen MR) is 101 cm³/mol. The van der Waals surface area contributed by atoms with Crippen molar-refractivity contribution in [3.63, 3.8) is 0 Å². The van der Waals surface area contributed by atoms with E-state index >= 15 is 0 Å². The number of fused-ring (bicyclic) bond motifs is 2. The van der Waals surface area contributed by atoms with Crippen LogP contribution in [0.4, 0.5) is 0 Å². The average Bonchev–Trinajstić information content (AvgIpc) is 3.39. The van der Waals surface area contributed by atoms with Crippen molar-refractivity contribution in [3.05, 3.63) is 65.5 Å². The molecule has 0 bridgehead atoms. The lowest BCUT2D eigenvalue weighted by Crippen LogP contribution is -2.34. The van der Waals surface area contributed by atoms with Crippen molar-refractivity contribution in [2.75, 3.05) is 6.54 Å². The van der Waals surface area contributed by atoms with Crippen molar-refractivity contribution in [1.82, 2.24) is 20.2 Å². The van der Waals surface area contributed by atoms with Crippen LogP contribution in [0.1, 0.15) is 53.1 Å². The van der Waals surface area contributed by atoms with Gasteiger partial charge < -0.3 is 15.2 Å². The van der Waals surface area contributed by atoms with Crippen LogP contribution in [-0.4, -0.2) is 33.2 Å². The summed E-state index contributed by atoms with van der Waals surface area (Å²) in [5.74, 6) is 0.802. The third kappa shape index (κ3) is 2.68.